The standard InChI is InChI=1S/C21H25F3N6O3/c1-29(2)16-9-7-14(8-10-16)11-25-19-17(30(31)32)13-27-20(28-19)26-12-15-5-3-4-6-18(15)33-21(22,23)24/h3-6,11,13,16H,7-10,12H2,1-2H3,(H2,25,26,27,28). The number of halogens is 3. The summed E-state index contributed by atoms with van der Waals surface area (Å²) >= 11 is 0. The average Bonchev–Trinajstić information content (AvgIpc) is 2.76. The highest BCUT2D eigenvalue weighted by Gasteiger charge is 2.32. The Labute approximate surface area is 188 Å². The largest absolute Gasteiger partial charge is 0.573 e. The van der Waals surface area contributed by atoms with Crippen LogP contribution in [0.15, 0.2) is 42.2 Å². The molecule has 1 aromatic heterocycles. The van der Waals surface area contributed by atoms with Gasteiger partial charge in [0.15, 0.2) is 0 Å². The van der Waals surface area contributed by atoms with Crippen LogP contribution >= 0.6 is 0 Å². The maximum absolute atomic E-state index is 12.6. The summed E-state index contributed by atoms with van der Waals surface area (Å²) in [6.45, 7) is -0.0729. The van der Waals surface area contributed by atoms with Gasteiger partial charge in [-0.05, 0) is 45.8 Å². The number of aromatic nitrogens is 2. The first kappa shape index (κ1) is 24.2. The number of anilines is 2. The second-order valence-corrected chi connectivity index (χ2v) is 7.84. The predicted octanol–water partition coefficient (Wildman–Crippen LogP) is 4.70. The van der Waals surface area contributed by atoms with Crippen molar-refractivity contribution >= 4 is 17.5 Å². The molecule has 0 unspecified atom stereocenters. The Morgan fingerprint density at radius 2 is 1.97 bits per heavy atom. The number of alkyl halides is 3. The van der Waals surface area contributed by atoms with Gasteiger partial charge in [-0.1, -0.05) is 23.8 Å². The molecule has 0 amide bonds. The summed E-state index contributed by atoms with van der Waals surface area (Å²) in [5.41, 5.74) is 1.06. The maximum Gasteiger partial charge on any atom is 0.573 e. The SMILES string of the molecule is CN(C)C1CCC(=CNc2nc(NCc3ccccc3OC(F)(F)F)ncc2[N+](=O)[O-])CC1. The summed E-state index contributed by atoms with van der Waals surface area (Å²) in [6, 6.07) is 6.17. The van der Waals surface area contributed by atoms with Gasteiger partial charge in [-0.2, -0.15) is 4.98 Å². The number of nitro groups is 1. The molecule has 1 saturated carbocycles. The molecule has 1 heterocycles. The van der Waals surface area contributed by atoms with Crippen LogP contribution in [0.1, 0.15) is 31.2 Å². The second kappa shape index (κ2) is 10.5. The van der Waals surface area contributed by atoms with Crippen molar-refractivity contribution < 1.29 is 22.8 Å². The van der Waals surface area contributed by atoms with Crippen LogP contribution in [-0.4, -0.2) is 46.3 Å². The van der Waals surface area contributed by atoms with E-state index >= 15 is 0 Å². The molecule has 1 aliphatic carbocycles. The molecule has 0 bridgehead atoms. The van der Waals surface area contributed by atoms with E-state index in [1.807, 2.05) is 14.1 Å². The van der Waals surface area contributed by atoms with Crippen LogP contribution in [0, 0.1) is 10.1 Å². The summed E-state index contributed by atoms with van der Waals surface area (Å²) in [6.07, 6.45) is 1.70. The van der Waals surface area contributed by atoms with E-state index in [0.29, 0.717) is 6.04 Å². The fraction of sp³-hybridized carbons (Fsp3) is 0.429. The lowest BCUT2D eigenvalue weighted by atomic mass is 9.91. The zero-order valence-electron chi connectivity index (χ0n) is 18.2. The van der Waals surface area contributed by atoms with E-state index in [9.17, 15) is 23.3 Å². The Bertz CT molecular complexity index is 1000. The van der Waals surface area contributed by atoms with E-state index in [2.05, 4.69) is 30.2 Å². The molecule has 1 fully saturated rings. The lowest BCUT2D eigenvalue weighted by molar-refractivity contribution is -0.384. The topological polar surface area (TPSA) is 105 Å². The van der Waals surface area contributed by atoms with Gasteiger partial charge < -0.3 is 20.3 Å². The number of benzene rings is 1. The molecule has 1 aromatic carbocycles. The molecule has 3 rings (SSSR count). The van der Waals surface area contributed by atoms with Gasteiger partial charge in [0, 0.05) is 24.4 Å². The molecule has 0 aliphatic heterocycles. The van der Waals surface area contributed by atoms with Crippen molar-refractivity contribution in [1.29, 1.82) is 0 Å². The van der Waals surface area contributed by atoms with Crippen molar-refractivity contribution in [3.05, 3.63) is 57.9 Å². The number of nitrogens with one attached hydrogen (secondary N) is 2. The van der Waals surface area contributed by atoms with Gasteiger partial charge in [0.05, 0.1) is 4.92 Å². The predicted molar refractivity (Wildman–Crippen MR) is 117 cm³/mol. The molecule has 0 spiro atoms. The second-order valence-electron chi connectivity index (χ2n) is 7.84. The fourth-order valence-corrected chi connectivity index (χ4v) is 3.55. The van der Waals surface area contributed by atoms with Gasteiger partial charge in [0.25, 0.3) is 0 Å². The molecule has 12 heteroatoms. The number of hydrogen-bond acceptors (Lipinski definition) is 8. The molecule has 2 N–H and O–H groups in total. The minimum absolute atomic E-state index is 0.000408. The highest BCUT2D eigenvalue weighted by atomic mass is 19.4. The first-order valence-corrected chi connectivity index (χ1v) is 10.3. The third-order valence-electron chi connectivity index (χ3n) is 5.34. The Hall–Kier alpha value is -3.41. The number of para-hydroxylation sites is 1. The van der Waals surface area contributed by atoms with E-state index in [-0.39, 0.29) is 35.3 Å². The third kappa shape index (κ3) is 7.04. The third-order valence-corrected chi connectivity index (χ3v) is 5.34. The molecular formula is C21H25F3N6O3. The van der Waals surface area contributed by atoms with Crippen molar-refractivity contribution in [1.82, 2.24) is 14.9 Å². The Kier molecular flexibility index (Phi) is 7.69. The smallest absolute Gasteiger partial charge is 0.405 e. The van der Waals surface area contributed by atoms with Gasteiger partial charge in [-0.25, -0.2) is 4.98 Å². The van der Waals surface area contributed by atoms with Crippen LogP contribution in [-0.2, 0) is 6.54 Å². The molecule has 0 radical (unpaired) electrons. The van der Waals surface area contributed by atoms with Gasteiger partial charge in [0.2, 0.25) is 11.8 Å². The summed E-state index contributed by atoms with van der Waals surface area (Å²) in [4.78, 5) is 21.0. The van der Waals surface area contributed by atoms with E-state index in [0.717, 1.165) is 37.5 Å². The van der Waals surface area contributed by atoms with Crippen LogP contribution in [0.4, 0.5) is 30.6 Å². The number of allylic oxidation sites excluding steroid dienone is 1. The number of rotatable bonds is 8. The highest BCUT2D eigenvalue weighted by molar-refractivity contribution is 5.58. The zero-order chi connectivity index (χ0) is 24.0. The summed E-state index contributed by atoms with van der Waals surface area (Å²) in [5.74, 6) is -0.324. The van der Waals surface area contributed by atoms with Crippen LogP contribution in [0.2, 0.25) is 0 Å². The summed E-state index contributed by atoms with van der Waals surface area (Å²) in [7, 11) is 4.09. The molecule has 9 nitrogen and oxygen atoms in total. The normalized spacial score (nSPS) is 16.4. The minimum atomic E-state index is -4.82. The molecule has 0 atom stereocenters. The van der Waals surface area contributed by atoms with Gasteiger partial charge >= 0.3 is 12.0 Å². The van der Waals surface area contributed by atoms with Crippen molar-refractivity contribution in [2.75, 3.05) is 24.7 Å². The fourth-order valence-electron chi connectivity index (χ4n) is 3.55. The maximum atomic E-state index is 12.6. The van der Waals surface area contributed by atoms with Gasteiger partial charge in [-0.3, -0.25) is 10.1 Å². The molecular weight excluding hydrogens is 441 g/mol. The van der Waals surface area contributed by atoms with Crippen molar-refractivity contribution in [2.45, 2.75) is 44.6 Å². The van der Waals surface area contributed by atoms with Crippen LogP contribution in [0.3, 0.4) is 0 Å². The van der Waals surface area contributed by atoms with Crippen LogP contribution in [0.5, 0.6) is 5.75 Å². The van der Waals surface area contributed by atoms with Gasteiger partial charge in [-0.15, -0.1) is 13.2 Å². The van der Waals surface area contributed by atoms with Crippen molar-refractivity contribution in [3.8, 4) is 5.75 Å². The van der Waals surface area contributed by atoms with Crippen LogP contribution in [0.25, 0.3) is 0 Å². The summed E-state index contributed by atoms with van der Waals surface area (Å²) < 4.78 is 41.9. The highest BCUT2D eigenvalue weighted by Crippen LogP contribution is 2.29. The Balaban J connectivity index is 1.71. The number of nitrogens with zero attached hydrogens (tertiary/aromatic N) is 4. The zero-order valence-corrected chi connectivity index (χ0v) is 18.2. The van der Waals surface area contributed by atoms with Crippen molar-refractivity contribution in [3.63, 3.8) is 0 Å². The monoisotopic (exact) mass is 466 g/mol. The molecule has 178 valence electrons. The number of ether oxygens (including phenoxy) is 1. The van der Waals surface area contributed by atoms with E-state index < -0.39 is 11.3 Å². The quantitative estimate of drug-likeness (QED) is 0.426. The molecule has 33 heavy (non-hydrogen) atoms. The molecule has 0 saturated heterocycles. The summed E-state index contributed by atoms with van der Waals surface area (Å²) in [5, 5.41) is 17.1. The molecule has 2 aromatic rings. The lowest BCUT2D eigenvalue weighted by Crippen LogP contribution is -2.30. The van der Waals surface area contributed by atoms with E-state index in [1.54, 1.807) is 12.3 Å². The lowest BCUT2D eigenvalue weighted by Gasteiger charge is -2.29. The molecule has 1 aliphatic rings. The number of hydrogen-bond donors (Lipinski definition) is 2. The van der Waals surface area contributed by atoms with E-state index in [1.165, 1.54) is 18.2 Å². The Morgan fingerprint density at radius 3 is 2.61 bits per heavy atom. The Morgan fingerprint density at radius 1 is 1.27 bits per heavy atom. The van der Waals surface area contributed by atoms with Crippen LogP contribution < -0.4 is 15.4 Å². The minimum Gasteiger partial charge on any atom is -0.405 e. The van der Waals surface area contributed by atoms with Crippen molar-refractivity contribution in [2.24, 2.45) is 0 Å². The average molecular weight is 466 g/mol. The first-order chi connectivity index (χ1) is 15.6. The van der Waals surface area contributed by atoms with Gasteiger partial charge in [0.1, 0.15) is 11.9 Å². The first-order valence-electron chi connectivity index (χ1n) is 10.3. The van der Waals surface area contributed by atoms with E-state index in [4.69, 9.17) is 0 Å².